The molecule has 1 fully saturated rings. The molecule has 0 radical (unpaired) electrons. The van der Waals surface area contributed by atoms with Gasteiger partial charge in [0.05, 0.1) is 11.0 Å². The van der Waals surface area contributed by atoms with Crippen LogP contribution in [0.1, 0.15) is 39.4 Å². The van der Waals surface area contributed by atoms with Gasteiger partial charge >= 0.3 is 0 Å². The summed E-state index contributed by atoms with van der Waals surface area (Å²) in [5.74, 6) is 1.98. The summed E-state index contributed by atoms with van der Waals surface area (Å²) >= 11 is 0. The molecule has 114 valence electrons. The number of para-hydroxylation sites is 2. The van der Waals surface area contributed by atoms with Gasteiger partial charge in [-0.3, -0.25) is 0 Å². The highest BCUT2D eigenvalue weighted by atomic mass is 15.1. The number of imidazole rings is 1. The van der Waals surface area contributed by atoms with E-state index in [1.807, 2.05) is 0 Å². The molecule has 1 N–H and O–H groups in total. The van der Waals surface area contributed by atoms with Crippen molar-refractivity contribution in [1.29, 1.82) is 0 Å². The maximum atomic E-state index is 4.84. The number of benzene rings is 1. The molecule has 2 atom stereocenters. The summed E-state index contributed by atoms with van der Waals surface area (Å²) in [4.78, 5) is 4.84. The van der Waals surface area contributed by atoms with Gasteiger partial charge in [0.15, 0.2) is 0 Å². The molecular weight excluding hydrogens is 258 g/mol. The van der Waals surface area contributed by atoms with E-state index in [1.165, 1.54) is 24.2 Å². The maximum absolute atomic E-state index is 4.84. The number of nitrogens with zero attached hydrogens (tertiary/aromatic N) is 2. The molecule has 0 amide bonds. The van der Waals surface area contributed by atoms with Crippen LogP contribution in [0.25, 0.3) is 11.0 Å². The molecule has 1 aromatic carbocycles. The molecule has 3 nitrogen and oxygen atoms in total. The Morgan fingerprint density at radius 3 is 2.71 bits per heavy atom. The van der Waals surface area contributed by atoms with Gasteiger partial charge in [-0.1, -0.05) is 32.9 Å². The second kappa shape index (κ2) is 5.45. The number of fused-ring (bicyclic) bond motifs is 1. The molecule has 1 heterocycles. The summed E-state index contributed by atoms with van der Waals surface area (Å²) in [6.07, 6.45) is 3.55. The summed E-state index contributed by atoms with van der Waals surface area (Å²) in [6, 6.07) is 8.96. The average Bonchev–Trinajstić information content (AvgIpc) is 2.98. The molecule has 0 spiro atoms. The van der Waals surface area contributed by atoms with Crippen LogP contribution in [0.2, 0.25) is 0 Å². The van der Waals surface area contributed by atoms with Gasteiger partial charge in [-0.05, 0) is 42.9 Å². The van der Waals surface area contributed by atoms with Gasteiger partial charge in [0.1, 0.15) is 5.82 Å². The van der Waals surface area contributed by atoms with Crippen molar-refractivity contribution in [3.05, 3.63) is 30.1 Å². The number of aromatic nitrogens is 2. The number of hydrogen-bond acceptors (Lipinski definition) is 2. The zero-order valence-corrected chi connectivity index (χ0v) is 13.7. The molecule has 21 heavy (non-hydrogen) atoms. The molecule has 2 aromatic rings. The minimum atomic E-state index is 0.496. The molecular formula is C18H27N3. The third-order valence-corrected chi connectivity index (χ3v) is 5.01. The standard InChI is InChI=1S/C18H27N3/c1-5-10-19-15(13-12-18(13,2)3)11-17-20-14-8-6-7-9-16(14)21(17)4/h6-9,13,15,19H,5,10-12H2,1-4H3. The Labute approximate surface area is 127 Å². The van der Waals surface area contributed by atoms with E-state index >= 15 is 0 Å². The lowest BCUT2D eigenvalue weighted by Gasteiger charge is -2.20. The normalized spacial score (nSPS) is 21.6. The minimum absolute atomic E-state index is 0.496. The Bertz CT molecular complexity index is 626. The second-order valence-electron chi connectivity index (χ2n) is 7.14. The third-order valence-electron chi connectivity index (χ3n) is 5.01. The van der Waals surface area contributed by atoms with Gasteiger partial charge < -0.3 is 9.88 Å². The SMILES string of the molecule is CCCNC(Cc1nc2ccccc2n1C)C1CC1(C)C. The molecule has 1 saturated carbocycles. The van der Waals surface area contributed by atoms with Crippen LogP contribution in [-0.2, 0) is 13.5 Å². The summed E-state index contributed by atoms with van der Waals surface area (Å²) < 4.78 is 2.26. The Hall–Kier alpha value is -1.35. The van der Waals surface area contributed by atoms with Gasteiger partial charge in [0.2, 0.25) is 0 Å². The lowest BCUT2D eigenvalue weighted by molar-refractivity contribution is 0.395. The monoisotopic (exact) mass is 285 g/mol. The predicted molar refractivity (Wildman–Crippen MR) is 88.4 cm³/mol. The van der Waals surface area contributed by atoms with Crippen molar-refractivity contribution in [2.45, 2.75) is 46.1 Å². The first-order valence-corrected chi connectivity index (χ1v) is 8.16. The molecule has 0 saturated heterocycles. The number of nitrogens with one attached hydrogen (secondary N) is 1. The summed E-state index contributed by atoms with van der Waals surface area (Å²) in [5, 5.41) is 3.75. The largest absolute Gasteiger partial charge is 0.331 e. The first kappa shape index (κ1) is 14.6. The third kappa shape index (κ3) is 2.84. The van der Waals surface area contributed by atoms with E-state index in [-0.39, 0.29) is 0 Å². The quantitative estimate of drug-likeness (QED) is 0.880. The van der Waals surface area contributed by atoms with Crippen LogP contribution in [0.15, 0.2) is 24.3 Å². The summed E-state index contributed by atoms with van der Waals surface area (Å²) in [5.41, 5.74) is 2.84. The van der Waals surface area contributed by atoms with Crippen LogP contribution in [0, 0.1) is 11.3 Å². The summed E-state index contributed by atoms with van der Waals surface area (Å²) in [6.45, 7) is 8.10. The van der Waals surface area contributed by atoms with Crippen molar-refractivity contribution >= 4 is 11.0 Å². The van der Waals surface area contributed by atoms with Crippen molar-refractivity contribution < 1.29 is 0 Å². The van der Waals surface area contributed by atoms with Crippen molar-refractivity contribution in [3.8, 4) is 0 Å². The molecule has 3 rings (SSSR count). The number of hydrogen-bond donors (Lipinski definition) is 1. The van der Waals surface area contributed by atoms with Crippen molar-refractivity contribution in [1.82, 2.24) is 14.9 Å². The fourth-order valence-electron chi connectivity index (χ4n) is 3.46. The highest BCUT2D eigenvalue weighted by molar-refractivity contribution is 5.75. The summed E-state index contributed by atoms with van der Waals surface area (Å²) in [7, 11) is 2.14. The highest BCUT2D eigenvalue weighted by Crippen LogP contribution is 2.54. The van der Waals surface area contributed by atoms with E-state index in [0.29, 0.717) is 11.5 Å². The highest BCUT2D eigenvalue weighted by Gasteiger charge is 2.49. The molecule has 0 bridgehead atoms. The molecule has 3 heteroatoms. The first-order chi connectivity index (χ1) is 10.0. The van der Waals surface area contributed by atoms with Gasteiger partial charge in [-0.15, -0.1) is 0 Å². The second-order valence-corrected chi connectivity index (χ2v) is 7.14. The zero-order chi connectivity index (χ0) is 15.0. The molecule has 2 unspecified atom stereocenters. The fraction of sp³-hybridized carbons (Fsp3) is 0.611. The van der Waals surface area contributed by atoms with Crippen LogP contribution < -0.4 is 5.32 Å². The fourth-order valence-corrected chi connectivity index (χ4v) is 3.46. The van der Waals surface area contributed by atoms with Crippen LogP contribution in [0.3, 0.4) is 0 Å². The van der Waals surface area contributed by atoms with E-state index < -0.39 is 0 Å². The lowest BCUT2D eigenvalue weighted by atomic mass is 10.0. The van der Waals surface area contributed by atoms with E-state index in [4.69, 9.17) is 4.98 Å². The Morgan fingerprint density at radius 1 is 1.38 bits per heavy atom. The first-order valence-electron chi connectivity index (χ1n) is 8.16. The van der Waals surface area contributed by atoms with E-state index in [9.17, 15) is 0 Å². The molecule has 1 aliphatic rings. The maximum Gasteiger partial charge on any atom is 0.111 e. The van der Waals surface area contributed by atoms with Gasteiger partial charge in [-0.2, -0.15) is 0 Å². The Balaban J connectivity index is 1.82. The van der Waals surface area contributed by atoms with Crippen molar-refractivity contribution in [2.75, 3.05) is 6.54 Å². The number of rotatable bonds is 6. The van der Waals surface area contributed by atoms with Crippen molar-refractivity contribution in [3.63, 3.8) is 0 Å². The van der Waals surface area contributed by atoms with Gasteiger partial charge in [-0.25, -0.2) is 4.98 Å². The van der Waals surface area contributed by atoms with E-state index in [1.54, 1.807) is 0 Å². The minimum Gasteiger partial charge on any atom is -0.331 e. The van der Waals surface area contributed by atoms with E-state index in [2.05, 4.69) is 62.0 Å². The Morgan fingerprint density at radius 2 is 2.10 bits per heavy atom. The van der Waals surface area contributed by atoms with Crippen LogP contribution in [0.4, 0.5) is 0 Å². The molecule has 0 aliphatic heterocycles. The average molecular weight is 285 g/mol. The smallest absolute Gasteiger partial charge is 0.111 e. The van der Waals surface area contributed by atoms with Gasteiger partial charge in [0.25, 0.3) is 0 Å². The van der Waals surface area contributed by atoms with Crippen molar-refractivity contribution in [2.24, 2.45) is 18.4 Å². The molecule has 1 aliphatic carbocycles. The zero-order valence-electron chi connectivity index (χ0n) is 13.7. The van der Waals surface area contributed by atoms with Gasteiger partial charge in [0, 0.05) is 19.5 Å². The van der Waals surface area contributed by atoms with Crippen LogP contribution in [-0.4, -0.2) is 22.1 Å². The predicted octanol–water partition coefficient (Wildman–Crippen LogP) is 3.53. The molecule has 1 aromatic heterocycles. The topological polar surface area (TPSA) is 29.9 Å². The lowest BCUT2D eigenvalue weighted by Crippen LogP contribution is -2.35. The van der Waals surface area contributed by atoms with E-state index in [0.717, 1.165) is 24.4 Å². The van der Waals surface area contributed by atoms with Crippen LogP contribution in [0.5, 0.6) is 0 Å². The van der Waals surface area contributed by atoms with Crippen LogP contribution >= 0.6 is 0 Å². The number of aryl methyl sites for hydroxylation is 1. The Kier molecular flexibility index (Phi) is 3.78.